The zero-order valence-corrected chi connectivity index (χ0v) is 24.6. The predicted octanol–water partition coefficient (Wildman–Crippen LogP) is 3.77. The standard InChI is InChI=1S/C29H38ClF2N3O7/c1-4-12-42-27(40)33-23(17-41-3)26(39)34(2)28(14-19-6-8-21(30)9-7-19)10-5-11-35(18-28)25(38)22(13-24(36)37)20-15-29(31,32)16-20/h4,6-9,20,22-23H,1,5,10-18H2,2-3H3,(H,33,40)(H,36,37)/t22?,23?,28-/m1/s1. The molecule has 1 heterocycles. The van der Waals surface area contributed by atoms with Crippen LogP contribution in [0.4, 0.5) is 13.6 Å². The Hall–Kier alpha value is -3.25. The number of carbonyl (C=O) groups excluding carboxylic acids is 3. The smallest absolute Gasteiger partial charge is 0.408 e. The molecule has 2 N–H and O–H groups in total. The van der Waals surface area contributed by atoms with Crippen LogP contribution in [0, 0.1) is 11.8 Å². The first kappa shape index (κ1) is 33.3. The van der Waals surface area contributed by atoms with E-state index in [1.54, 1.807) is 19.2 Å². The molecular formula is C29H38ClF2N3O7. The van der Waals surface area contributed by atoms with Crippen molar-refractivity contribution in [3.63, 3.8) is 0 Å². The highest BCUT2D eigenvalue weighted by Crippen LogP contribution is 2.48. The van der Waals surface area contributed by atoms with Gasteiger partial charge in [0.15, 0.2) is 0 Å². The van der Waals surface area contributed by atoms with E-state index >= 15 is 0 Å². The SMILES string of the molecule is C=CCOC(=O)NC(COC)C(=O)N(C)[C@@]1(Cc2ccc(Cl)cc2)CCCN(C(=O)C(CC(=O)O)C2CC(F)(F)C2)C1. The average molecular weight is 614 g/mol. The summed E-state index contributed by atoms with van der Waals surface area (Å²) in [5.74, 6) is -7.00. The van der Waals surface area contributed by atoms with Gasteiger partial charge in [0.2, 0.25) is 17.7 Å². The summed E-state index contributed by atoms with van der Waals surface area (Å²) < 4.78 is 37.6. The molecule has 0 aromatic heterocycles. The highest BCUT2D eigenvalue weighted by atomic mass is 35.5. The highest BCUT2D eigenvalue weighted by Gasteiger charge is 2.52. The second-order valence-electron chi connectivity index (χ2n) is 11.1. The fourth-order valence-corrected chi connectivity index (χ4v) is 5.94. The first-order valence-corrected chi connectivity index (χ1v) is 14.1. The summed E-state index contributed by atoms with van der Waals surface area (Å²) >= 11 is 6.08. The predicted molar refractivity (Wildman–Crippen MR) is 150 cm³/mol. The molecule has 42 heavy (non-hydrogen) atoms. The van der Waals surface area contributed by atoms with Gasteiger partial charge in [0, 0.05) is 45.1 Å². The third kappa shape index (κ3) is 8.41. The summed E-state index contributed by atoms with van der Waals surface area (Å²) in [5, 5.41) is 12.5. The minimum atomic E-state index is -2.91. The van der Waals surface area contributed by atoms with Gasteiger partial charge in [-0.3, -0.25) is 14.4 Å². The number of benzene rings is 1. The van der Waals surface area contributed by atoms with E-state index < -0.39 is 72.5 Å². The molecule has 232 valence electrons. The van der Waals surface area contributed by atoms with Crippen molar-refractivity contribution in [2.45, 2.75) is 56.0 Å². The third-order valence-corrected chi connectivity index (χ3v) is 8.27. The number of alkyl carbamates (subject to hydrolysis) is 1. The summed E-state index contributed by atoms with van der Waals surface area (Å²) in [4.78, 5) is 54.4. The Bertz CT molecular complexity index is 1140. The lowest BCUT2D eigenvalue weighted by molar-refractivity contribution is -0.164. The van der Waals surface area contributed by atoms with Gasteiger partial charge in [-0.05, 0) is 42.9 Å². The number of carboxylic acid groups (broad SMARTS) is 1. The summed E-state index contributed by atoms with van der Waals surface area (Å²) in [6.07, 6.45) is 0.185. The number of nitrogens with zero attached hydrogens (tertiary/aromatic N) is 2. The molecule has 1 aliphatic heterocycles. The van der Waals surface area contributed by atoms with Crippen molar-refractivity contribution < 1.29 is 42.5 Å². The van der Waals surface area contributed by atoms with Crippen molar-refractivity contribution in [1.29, 1.82) is 0 Å². The molecule has 2 fully saturated rings. The molecule has 1 aromatic rings. The minimum absolute atomic E-state index is 0.0382. The molecule has 1 aromatic carbocycles. The van der Waals surface area contributed by atoms with Crippen LogP contribution in [0.2, 0.25) is 5.02 Å². The molecule has 3 atom stereocenters. The number of aliphatic carboxylic acids is 1. The number of carbonyl (C=O) groups is 4. The van der Waals surface area contributed by atoms with Crippen molar-refractivity contribution in [3.05, 3.63) is 47.5 Å². The number of likely N-dealkylation sites (tertiary alicyclic amines) is 1. The molecule has 0 radical (unpaired) electrons. The second kappa shape index (κ2) is 14.3. The Kier molecular flexibility index (Phi) is 11.3. The lowest BCUT2D eigenvalue weighted by atomic mass is 9.71. The zero-order chi connectivity index (χ0) is 31.1. The molecule has 3 rings (SSSR count). The number of hydrogen-bond acceptors (Lipinski definition) is 6. The maximum atomic E-state index is 13.9. The van der Waals surface area contributed by atoms with E-state index in [0.717, 1.165) is 5.56 Å². The molecule has 1 saturated carbocycles. The van der Waals surface area contributed by atoms with Gasteiger partial charge >= 0.3 is 12.1 Å². The number of carboxylic acids is 1. The largest absolute Gasteiger partial charge is 0.481 e. The molecular weight excluding hydrogens is 576 g/mol. The Morgan fingerprint density at radius 2 is 1.93 bits per heavy atom. The molecule has 2 aliphatic rings. The number of likely N-dealkylation sites (N-methyl/N-ethyl adjacent to an activating group) is 1. The zero-order valence-electron chi connectivity index (χ0n) is 23.8. The number of amides is 3. The van der Waals surface area contributed by atoms with E-state index in [-0.39, 0.29) is 26.3 Å². The second-order valence-corrected chi connectivity index (χ2v) is 11.5. The molecule has 13 heteroatoms. The molecule has 0 bridgehead atoms. The number of hydrogen-bond donors (Lipinski definition) is 2. The van der Waals surface area contributed by atoms with Gasteiger partial charge in [0.1, 0.15) is 12.6 Å². The lowest BCUT2D eigenvalue weighted by Crippen LogP contribution is -2.65. The van der Waals surface area contributed by atoms with Gasteiger partial charge in [-0.25, -0.2) is 13.6 Å². The minimum Gasteiger partial charge on any atom is -0.481 e. The van der Waals surface area contributed by atoms with Crippen LogP contribution in [-0.4, -0.2) is 96.7 Å². The van der Waals surface area contributed by atoms with Crippen LogP contribution in [-0.2, 0) is 30.3 Å². The lowest BCUT2D eigenvalue weighted by Gasteiger charge is -2.50. The number of methoxy groups -OCH3 is 1. The normalized spacial score (nSPS) is 21.4. The maximum Gasteiger partial charge on any atom is 0.408 e. The Balaban J connectivity index is 1.92. The van der Waals surface area contributed by atoms with Gasteiger partial charge in [-0.1, -0.05) is 36.4 Å². The van der Waals surface area contributed by atoms with E-state index in [4.69, 9.17) is 21.1 Å². The highest BCUT2D eigenvalue weighted by molar-refractivity contribution is 6.30. The van der Waals surface area contributed by atoms with Crippen LogP contribution >= 0.6 is 11.6 Å². The van der Waals surface area contributed by atoms with Crippen molar-refractivity contribution in [3.8, 4) is 0 Å². The number of rotatable bonds is 13. The van der Waals surface area contributed by atoms with Crippen LogP contribution < -0.4 is 5.32 Å². The number of ether oxygens (including phenoxy) is 2. The number of halogens is 3. The number of nitrogens with one attached hydrogen (secondary N) is 1. The summed E-state index contributed by atoms with van der Waals surface area (Å²) in [6.45, 7) is 3.61. The van der Waals surface area contributed by atoms with Crippen molar-refractivity contribution in [1.82, 2.24) is 15.1 Å². The van der Waals surface area contributed by atoms with Gasteiger partial charge in [-0.2, -0.15) is 0 Å². The number of piperidine rings is 1. The van der Waals surface area contributed by atoms with E-state index in [1.165, 1.54) is 23.0 Å². The molecule has 2 unspecified atom stereocenters. The Labute approximate surface area is 248 Å². The number of alkyl halides is 2. The molecule has 10 nitrogen and oxygen atoms in total. The van der Waals surface area contributed by atoms with Crippen LogP contribution in [0.1, 0.15) is 37.7 Å². The van der Waals surface area contributed by atoms with Crippen molar-refractivity contribution in [2.75, 3.05) is 40.5 Å². The van der Waals surface area contributed by atoms with Gasteiger partial charge in [0.05, 0.1) is 24.5 Å². The Morgan fingerprint density at radius 3 is 2.50 bits per heavy atom. The summed E-state index contributed by atoms with van der Waals surface area (Å²) in [5.41, 5.74) is -0.148. The monoisotopic (exact) mass is 613 g/mol. The maximum absolute atomic E-state index is 13.9. The molecule has 1 saturated heterocycles. The van der Waals surface area contributed by atoms with Gasteiger partial charge in [-0.15, -0.1) is 0 Å². The van der Waals surface area contributed by atoms with Crippen molar-refractivity contribution in [2.24, 2.45) is 11.8 Å². The molecule has 1 aliphatic carbocycles. The van der Waals surface area contributed by atoms with Gasteiger partial charge in [0.25, 0.3) is 0 Å². The topological polar surface area (TPSA) is 125 Å². The first-order valence-electron chi connectivity index (χ1n) is 13.7. The summed E-state index contributed by atoms with van der Waals surface area (Å²) in [7, 11) is 2.96. The fourth-order valence-electron chi connectivity index (χ4n) is 5.82. The van der Waals surface area contributed by atoms with Crippen LogP contribution in [0.25, 0.3) is 0 Å². The molecule has 0 spiro atoms. The average Bonchev–Trinajstić information content (AvgIpc) is 2.93. The van der Waals surface area contributed by atoms with Crippen LogP contribution in [0.5, 0.6) is 0 Å². The molecule has 3 amide bonds. The van der Waals surface area contributed by atoms with E-state index in [1.807, 2.05) is 12.1 Å². The van der Waals surface area contributed by atoms with E-state index in [9.17, 15) is 33.1 Å². The quantitative estimate of drug-likeness (QED) is 0.325. The van der Waals surface area contributed by atoms with Crippen LogP contribution in [0.3, 0.4) is 0 Å². The van der Waals surface area contributed by atoms with E-state index in [2.05, 4.69) is 11.9 Å². The fraction of sp³-hybridized carbons (Fsp3) is 0.586. The van der Waals surface area contributed by atoms with E-state index in [0.29, 0.717) is 24.3 Å². The Morgan fingerprint density at radius 1 is 1.26 bits per heavy atom. The summed E-state index contributed by atoms with van der Waals surface area (Å²) in [6, 6.07) is 5.93. The third-order valence-electron chi connectivity index (χ3n) is 8.01. The van der Waals surface area contributed by atoms with Gasteiger partial charge < -0.3 is 29.7 Å². The van der Waals surface area contributed by atoms with Crippen molar-refractivity contribution >= 4 is 35.5 Å². The first-order chi connectivity index (χ1) is 19.8. The van der Waals surface area contributed by atoms with Crippen LogP contribution in [0.15, 0.2) is 36.9 Å².